The lowest BCUT2D eigenvalue weighted by Gasteiger charge is -2.13. The number of Topliss-reactive ketones (excluding diaryl/α,β-unsaturated/α-hetero) is 1. The van der Waals surface area contributed by atoms with E-state index in [1.54, 1.807) is 12.1 Å². The first-order chi connectivity index (χ1) is 10.4. The van der Waals surface area contributed by atoms with Gasteiger partial charge in [-0.15, -0.1) is 0 Å². The number of anilines is 1. The molecule has 1 fully saturated rings. The fourth-order valence-electron chi connectivity index (χ4n) is 1.93. The minimum Gasteiger partial charge on any atom is -0.322 e. The Morgan fingerprint density at radius 3 is 2.59 bits per heavy atom. The summed E-state index contributed by atoms with van der Waals surface area (Å²) in [5, 5.41) is 5.30. The van der Waals surface area contributed by atoms with Crippen LogP contribution in [0.5, 0.6) is 0 Å². The van der Waals surface area contributed by atoms with Gasteiger partial charge in [0, 0.05) is 11.9 Å². The van der Waals surface area contributed by atoms with Gasteiger partial charge in [-0.05, 0) is 37.7 Å². The molecule has 0 saturated carbocycles. The van der Waals surface area contributed by atoms with E-state index in [9.17, 15) is 14.4 Å². The summed E-state index contributed by atoms with van der Waals surface area (Å²) in [7, 11) is 0. The lowest BCUT2D eigenvalue weighted by atomic mass is 10.1. The molecule has 114 valence electrons. The molecule has 1 aromatic carbocycles. The zero-order valence-electron chi connectivity index (χ0n) is 12.2. The van der Waals surface area contributed by atoms with Crippen LogP contribution >= 0.6 is 12.2 Å². The van der Waals surface area contributed by atoms with E-state index < -0.39 is 11.7 Å². The average Bonchev–Trinajstić information content (AvgIpc) is 2.76. The monoisotopic (exact) mass is 317 g/mol. The summed E-state index contributed by atoms with van der Waals surface area (Å²) in [5.41, 5.74) is 1.44. The summed E-state index contributed by atoms with van der Waals surface area (Å²) in [4.78, 5) is 36.7. The highest BCUT2D eigenvalue weighted by atomic mass is 32.1. The van der Waals surface area contributed by atoms with Gasteiger partial charge >= 0.3 is 0 Å². The van der Waals surface area contributed by atoms with Crippen LogP contribution in [0.4, 0.5) is 5.69 Å². The minimum absolute atomic E-state index is 0.00669. The van der Waals surface area contributed by atoms with Crippen LogP contribution in [0.15, 0.2) is 36.0 Å². The van der Waals surface area contributed by atoms with Crippen molar-refractivity contribution in [1.82, 2.24) is 10.2 Å². The third-order valence-electron chi connectivity index (χ3n) is 3.12. The van der Waals surface area contributed by atoms with E-state index in [0.717, 1.165) is 5.56 Å². The third-order valence-corrected chi connectivity index (χ3v) is 3.46. The number of hydrogen-bond acceptors (Lipinski definition) is 4. The van der Waals surface area contributed by atoms with Gasteiger partial charge in [-0.1, -0.05) is 18.2 Å². The molecule has 0 spiro atoms. The van der Waals surface area contributed by atoms with Gasteiger partial charge in [0.15, 0.2) is 10.9 Å². The Bertz CT molecular complexity index is 697. The van der Waals surface area contributed by atoms with Crippen LogP contribution in [-0.2, 0) is 14.4 Å². The summed E-state index contributed by atoms with van der Waals surface area (Å²) in [6.45, 7) is 3.13. The number of carbonyl (C=O) groups excluding carboxylic acids is 3. The first-order valence-corrected chi connectivity index (χ1v) is 6.99. The van der Waals surface area contributed by atoms with Crippen molar-refractivity contribution in [3.8, 4) is 0 Å². The first-order valence-electron chi connectivity index (χ1n) is 6.58. The molecular weight excluding hydrogens is 302 g/mol. The fraction of sp³-hybridized carbons (Fsp3) is 0.200. The molecule has 1 aliphatic rings. The summed E-state index contributed by atoms with van der Waals surface area (Å²) in [5.74, 6) is -1.22. The SMILES string of the molecule is CC(=O)/C(=C/N1CC(=O)NC1=S)C(=O)Nc1ccccc1C. The summed E-state index contributed by atoms with van der Waals surface area (Å²) in [6, 6.07) is 7.24. The molecule has 0 aliphatic carbocycles. The topological polar surface area (TPSA) is 78.5 Å². The molecule has 2 amide bonds. The van der Waals surface area contributed by atoms with Crippen molar-refractivity contribution >= 4 is 40.6 Å². The zero-order chi connectivity index (χ0) is 16.3. The van der Waals surface area contributed by atoms with E-state index in [1.165, 1.54) is 18.0 Å². The van der Waals surface area contributed by atoms with Crippen molar-refractivity contribution in [2.24, 2.45) is 0 Å². The number of rotatable bonds is 4. The molecule has 0 radical (unpaired) electrons. The number of nitrogens with zero attached hydrogens (tertiary/aromatic N) is 1. The number of amides is 2. The van der Waals surface area contributed by atoms with Gasteiger partial charge in [0.05, 0.1) is 5.57 Å². The van der Waals surface area contributed by atoms with Gasteiger partial charge in [0.1, 0.15) is 6.54 Å². The summed E-state index contributed by atoms with van der Waals surface area (Å²) < 4.78 is 0. The first kappa shape index (κ1) is 15.8. The average molecular weight is 317 g/mol. The van der Waals surface area contributed by atoms with E-state index in [1.807, 2.05) is 19.1 Å². The van der Waals surface area contributed by atoms with Crippen LogP contribution in [0.1, 0.15) is 12.5 Å². The van der Waals surface area contributed by atoms with Crippen LogP contribution in [-0.4, -0.2) is 34.2 Å². The second kappa shape index (κ2) is 6.48. The van der Waals surface area contributed by atoms with Crippen LogP contribution in [0, 0.1) is 6.92 Å². The largest absolute Gasteiger partial charge is 0.322 e. The van der Waals surface area contributed by atoms with Gasteiger partial charge in [0.25, 0.3) is 5.91 Å². The molecule has 1 aliphatic heterocycles. The number of benzene rings is 1. The Balaban J connectivity index is 2.23. The molecule has 0 atom stereocenters. The van der Waals surface area contributed by atoms with Crippen molar-refractivity contribution in [1.29, 1.82) is 0 Å². The number of aryl methyl sites for hydroxylation is 1. The number of thiocarbonyl (C=S) groups is 1. The van der Waals surface area contributed by atoms with E-state index in [0.29, 0.717) is 5.69 Å². The maximum absolute atomic E-state index is 12.3. The molecule has 0 aromatic heterocycles. The van der Waals surface area contributed by atoms with Gasteiger partial charge in [0.2, 0.25) is 5.91 Å². The molecule has 1 heterocycles. The molecule has 2 N–H and O–H groups in total. The molecule has 2 rings (SSSR count). The quantitative estimate of drug-likeness (QED) is 0.377. The summed E-state index contributed by atoms with van der Waals surface area (Å²) >= 11 is 4.97. The van der Waals surface area contributed by atoms with Crippen molar-refractivity contribution in [2.45, 2.75) is 13.8 Å². The molecule has 22 heavy (non-hydrogen) atoms. The number of hydrogen-bond donors (Lipinski definition) is 2. The second-order valence-electron chi connectivity index (χ2n) is 4.85. The van der Waals surface area contributed by atoms with E-state index in [2.05, 4.69) is 10.6 Å². The zero-order valence-corrected chi connectivity index (χ0v) is 13.0. The predicted molar refractivity (Wildman–Crippen MR) is 86.0 cm³/mol. The Labute approximate surface area is 133 Å². The van der Waals surface area contributed by atoms with Crippen LogP contribution in [0.3, 0.4) is 0 Å². The maximum atomic E-state index is 12.3. The van der Waals surface area contributed by atoms with Crippen LogP contribution in [0.25, 0.3) is 0 Å². The van der Waals surface area contributed by atoms with Crippen molar-refractivity contribution < 1.29 is 14.4 Å². The van der Waals surface area contributed by atoms with Crippen LogP contribution in [0.2, 0.25) is 0 Å². The Kier molecular flexibility index (Phi) is 4.67. The standard InChI is InChI=1S/C15H15N3O3S/c1-9-5-3-4-6-12(9)16-14(21)11(10(2)19)7-18-8-13(20)17-15(18)22/h3-7H,8H2,1-2H3,(H,16,21)(H,17,20,22)/b11-7-. The predicted octanol–water partition coefficient (Wildman–Crippen LogP) is 1.12. The van der Waals surface area contributed by atoms with E-state index >= 15 is 0 Å². The third kappa shape index (κ3) is 3.56. The Morgan fingerprint density at radius 2 is 2.05 bits per heavy atom. The number of carbonyl (C=O) groups is 3. The molecule has 1 aromatic rings. The Morgan fingerprint density at radius 1 is 1.36 bits per heavy atom. The highest BCUT2D eigenvalue weighted by molar-refractivity contribution is 7.80. The highest BCUT2D eigenvalue weighted by Crippen LogP contribution is 2.15. The smallest absolute Gasteiger partial charge is 0.260 e. The van der Waals surface area contributed by atoms with Gasteiger partial charge in [-0.2, -0.15) is 0 Å². The fourth-order valence-corrected chi connectivity index (χ4v) is 2.16. The molecule has 1 saturated heterocycles. The van der Waals surface area contributed by atoms with Crippen molar-refractivity contribution in [3.63, 3.8) is 0 Å². The van der Waals surface area contributed by atoms with Gasteiger partial charge < -0.3 is 15.5 Å². The second-order valence-corrected chi connectivity index (χ2v) is 5.24. The van der Waals surface area contributed by atoms with Gasteiger partial charge in [-0.25, -0.2) is 0 Å². The van der Waals surface area contributed by atoms with E-state index in [-0.39, 0.29) is 23.1 Å². The lowest BCUT2D eigenvalue weighted by molar-refractivity contribution is -0.120. The lowest BCUT2D eigenvalue weighted by Crippen LogP contribution is -2.27. The molecule has 0 bridgehead atoms. The normalized spacial score (nSPS) is 14.8. The van der Waals surface area contributed by atoms with Crippen molar-refractivity contribution in [2.75, 3.05) is 11.9 Å². The maximum Gasteiger partial charge on any atom is 0.260 e. The summed E-state index contributed by atoms with van der Waals surface area (Å²) in [6.07, 6.45) is 1.30. The molecule has 6 nitrogen and oxygen atoms in total. The Hall–Kier alpha value is -2.54. The number of para-hydroxylation sites is 1. The number of ketones is 1. The highest BCUT2D eigenvalue weighted by Gasteiger charge is 2.25. The minimum atomic E-state index is -0.538. The molecular formula is C15H15N3O3S. The number of nitrogens with one attached hydrogen (secondary N) is 2. The molecule has 0 unspecified atom stereocenters. The molecule has 7 heteroatoms. The van der Waals surface area contributed by atoms with E-state index in [4.69, 9.17) is 12.2 Å². The van der Waals surface area contributed by atoms with Crippen LogP contribution < -0.4 is 10.6 Å². The van der Waals surface area contributed by atoms with Gasteiger partial charge in [-0.3, -0.25) is 14.4 Å². The van der Waals surface area contributed by atoms with Crippen molar-refractivity contribution in [3.05, 3.63) is 41.6 Å².